The summed E-state index contributed by atoms with van der Waals surface area (Å²) in [6.07, 6.45) is -1.86. The molecule has 0 aliphatic heterocycles. The summed E-state index contributed by atoms with van der Waals surface area (Å²) in [4.78, 5) is 22.9. The number of ether oxygens (including phenoxy) is 6. The highest BCUT2D eigenvalue weighted by molar-refractivity contribution is 5.68. The van der Waals surface area contributed by atoms with E-state index < -0.39 is 12.3 Å². The van der Waals surface area contributed by atoms with E-state index in [2.05, 4.69) is 0 Å². The molecule has 1 rings (SSSR count). The van der Waals surface area contributed by atoms with Crippen LogP contribution in [0.2, 0.25) is 0 Å². The Hall–Kier alpha value is -2.32. The SMILES string of the molecule is COCCOC(=O)Oc1ccccc1OC(=O)OCCOC. The quantitative estimate of drug-likeness (QED) is 0.409. The Morgan fingerprint density at radius 2 is 1.18 bits per heavy atom. The molecule has 1 aromatic rings. The largest absolute Gasteiger partial charge is 0.514 e. The third-order valence-corrected chi connectivity index (χ3v) is 2.25. The molecule has 0 atom stereocenters. The molecular weight excluding hydrogens is 296 g/mol. The van der Waals surface area contributed by atoms with Crippen molar-refractivity contribution in [1.82, 2.24) is 0 Å². The number of methoxy groups -OCH3 is 2. The molecule has 0 aliphatic rings. The minimum atomic E-state index is -0.930. The summed E-state index contributed by atoms with van der Waals surface area (Å²) >= 11 is 0. The van der Waals surface area contributed by atoms with Gasteiger partial charge in [-0.2, -0.15) is 0 Å². The first-order valence-corrected chi connectivity index (χ1v) is 6.43. The molecule has 1 aromatic carbocycles. The average molecular weight is 314 g/mol. The molecule has 0 spiro atoms. The topological polar surface area (TPSA) is 89.5 Å². The van der Waals surface area contributed by atoms with Crippen LogP contribution >= 0.6 is 0 Å². The summed E-state index contributed by atoms with van der Waals surface area (Å²) in [6, 6.07) is 6.13. The van der Waals surface area contributed by atoms with Gasteiger partial charge in [0, 0.05) is 14.2 Å². The Labute approximate surface area is 127 Å². The number of para-hydroxylation sites is 2. The standard InChI is InChI=1S/C14H18O8/c1-17-7-9-19-13(15)21-11-5-3-4-6-12(11)22-14(16)20-10-8-18-2/h3-6H,7-10H2,1-2H3. The molecule has 0 unspecified atom stereocenters. The summed E-state index contributed by atoms with van der Waals surface area (Å²) < 4.78 is 28.9. The van der Waals surface area contributed by atoms with Crippen LogP contribution in [0.3, 0.4) is 0 Å². The number of carbonyl (C=O) groups is 2. The zero-order valence-corrected chi connectivity index (χ0v) is 12.4. The van der Waals surface area contributed by atoms with Crippen molar-refractivity contribution in [3.05, 3.63) is 24.3 Å². The highest BCUT2D eigenvalue weighted by atomic mass is 16.7. The molecule has 0 bridgehead atoms. The van der Waals surface area contributed by atoms with Gasteiger partial charge >= 0.3 is 12.3 Å². The van der Waals surface area contributed by atoms with Crippen LogP contribution in [0.1, 0.15) is 0 Å². The van der Waals surface area contributed by atoms with Crippen molar-refractivity contribution in [1.29, 1.82) is 0 Å². The van der Waals surface area contributed by atoms with Crippen LogP contribution in [-0.2, 0) is 18.9 Å². The van der Waals surface area contributed by atoms with E-state index in [0.717, 1.165) is 0 Å². The van der Waals surface area contributed by atoms with Crippen molar-refractivity contribution < 1.29 is 38.0 Å². The van der Waals surface area contributed by atoms with E-state index in [1.54, 1.807) is 12.1 Å². The zero-order chi connectivity index (χ0) is 16.2. The van der Waals surface area contributed by atoms with Gasteiger partial charge in [-0.1, -0.05) is 12.1 Å². The van der Waals surface area contributed by atoms with Crippen LogP contribution in [0.15, 0.2) is 24.3 Å². The predicted octanol–water partition coefficient (Wildman–Crippen LogP) is 2.01. The predicted molar refractivity (Wildman–Crippen MR) is 74.1 cm³/mol. The maximum atomic E-state index is 11.4. The fourth-order valence-corrected chi connectivity index (χ4v) is 1.27. The number of rotatable bonds is 8. The van der Waals surface area contributed by atoms with Crippen LogP contribution in [0, 0.1) is 0 Å². The first kappa shape index (κ1) is 17.7. The number of hydrogen-bond donors (Lipinski definition) is 0. The fourth-order valence-electron chi connectivity index (χ4n) is 1.27. The molecule has 0 aromatic heterocycles. The molecule has 0 N–H and O–H groups in total. The van der Waals surface area contributed by atoms with Crippen LogP contribution in [0.25, 0.3) is 0 Å². The smallest absolute Gasteiger partial charge is 0.432 e. The molecule has 0 radical (unpaired) electrons. The van der Waals surface area contributed by atoms with Gasteiger partial charge in [-0.25, -0.2) is 9.59 Å². The van der Waals surface area contributed by atoms with Crippen molar-refractivity contribution in [3.8, 4) is 11.5 Å². The normalized spacial score (nSPS) is 9.91. The van der Waals surface area contributed by atoms with Crippen molar-refractivity contribution in [3.63, 3.8) is 0 Å². The minimum Gasteiger partial charge on any atom is -0.432 e. The molecular formula is C14H18O8. The van der Waals surface area contributed by atoms with Crippen LogP contribution in [0.5, 0.6) is 11.5 Å². The molecule has 0 heterocycles. The first-order chi connectivity index (χ1) is 10.7. The third-order valence-electron chi connectivity index (χ3n) is 2.25. The summed E-state index contributed by atoms with van der Waals surface area (Å²) in [7, 11) is 2.96. The van der Waals surface area contributed by atoms with E-state index >= 15 is 0 Å². The summed E-state index contributed by atoms with van der Waals surface area (Å²) in [5.74, 6) is 0.0715. The van der Waals surface area contributed by atoms with Gasteiger partial charge in [0.15, 0.2) is 11.5 Å². The summed E-state index contributed by atoms with van der Waals surface area (Å²) in [6.45, 7) is 0.604. The fraction of sp³-hybridized carbons (Fsp3) is 0.429. The summed E-state index contributed by atoms with van der Waals surface area (Å²) in [5.41, 5.74) is 0. The average Bonchev–Trinajstić information content (AvgIpc) is 2.50. The van der Waals surface area contributed by atoms with E-state index in [0.29, 0.717) is 0 Å². The highest BCUT2D eigenvalue weighted by Crippen LogP contribution is 2.27. The van der Waals surface area contributed by atoms with Gasteiger partial charge in [0.05, 0.1) is 13.2 Å². The minimum absolute atomic E-state index is 0.0357. The molecule has 0 amide bonds. The lowest BCUT2D eigenvalue weighted by Crippen LogP contribution is -2.16. The van der Waals surface area contributed by atoms with Gasteiger partial charge in [-0.05, 0) is 12.1 Å². The van der Waals surface area contributed by atoms with Gasteiger partial charge < -0.3 is 28.4 Å². The molecule has 22 heavy (non-hydrogen) atoms. The van der Waals surface area contributed by atoms with E-state index in [1.165, 1.54) is 26.4 Å². The second kappa shape index (κ2) is 10.4. The lowest BCUT2D eigenvalue weighted by Gasteiger charge is -2.10. The van der Waals surface area contributed by atoms with Crippen LogP contribution < -0.4 is 9.47 Å². The van der Waals surface area contributed by atoms with Gasteiger partial charge in [0.2, 0.25) is 0 Å². The number of hydrogen-bond acceptors (Lipinski definition) is 8. The van der Waals surface area contributed by atoms with Gasteiger partial charge in [-0.15, -0.1) is 0 Å². The number of carbonyl (C=O) groups excluding carboxylic acids is 2. The van der Waals surface area contributed by atoms with Gasteiger partial charge in [0.1, 0.15) is 13.2 Å². The lowest BCUT2D eigenvalue weighted by molar-refractivity contribution is 0.0619. The van der Waals surface area contributed by atoms with Crippen molar-refractivity contribution in [2.24, 2.45) is 0 Å². The second-order valence-electron chi connectivity index (χ2n) is 3.83. The van der Waals surface area contributed by atoms with E-state index in [-0.39, 0.29) is 37.9 Å². The molecule has 0 aliphatic carbocycles. The second-order valence-corrected chi connectivity index (χ2v) is 3.83. The van der Waals surface area contributed by atoms with Crippen molar-refractivity contribution >= 4 is 12.3 Å². The Morgan fingerprint density at radius 1 is 0.773 bits per heavy atom. The highest BCUT2D eigenvalue weighted by Gasteiger charge is 2.14. The van der Waals surface area contributed by atoms with Gasteiger partial charge in [0.25, 0.3) is 0 Å². The molecule has 8 nitrogen and oxygen atoms in total. The molecule has 0 fully saturated rings. The third kappa shape index (κ3) is 6.91. The molecule has 0 saturated heterocycles. The first-order valence-electron chi connectivity index (χ1n) is 6.43. The number of benzene rings is 1. The van der Waals surface area contributed by atoms with Crippen molar-refractivity contribution in [2.45, 2.75) is 0 Å². The van der Waals surface area contributed by atoms with Gasteiger partial charge in [-0.3, -0.25) is 0 Å². The Morgan fingerprint density at radius 3 is 1.55 bits per heavy atom. The Bertz CT molecular complexity index is 431. The molecule has 122 valence electrons. The van der Waals surface area contributed by atoms with E-state index in [9.17, 15) is 9.59 Å². The van der Waals surface area contributed by atoms with Crippen molar-refractivity contribution in [2.75, 3.05) is 40.6 Å². The lowest BCUT2D eigenvalue weighted by atomic mass is 10.3. The molecule has 8 heteroatoms. The van der Waals surface area contributed by atoms with E-state index in [1.807, 2.05) is 0 Å². The van der Waals surface area contributed by atoms with Crippen LogP contribution in [0.4, 0.5) is 9.59 Å². The Kier molecular flexibility index (Phi) is 8.39. The summed E-state index contributed by atoms with van der Waals surface area (Å²) in [5, 5.41) is 0. The maximum Gasteiger partial charge on any atom is 0.514 e. The maximum absolute atomic E-state index is 11.4. The van der Waals surface area contributed by atoms with E-state index in [4.69, 9.17) is 28.4 Å². The zero-order valence-electron chi connectivity index (χ0n) is 12.4. The monoisotopic (exact) mass is 314 g/mol. The molecule has 0 saturated carbocycles. The Balaban J connectivity index is 2.54. The van der Waals surface area contributed by atoms with Crippen LogP contribution in [-0.4, -0.2) is 53.0 Å².